The average Bonchev–Trinajstić information content (AvgIpc) is 3.50. The Bertz CT molecular complexity index is 1290. The number of furan rings is 1. The van der Waals surface area contributed by atoms with Gasteiger partial charge in [0.2, 0.25) is 11.8 Å². The van der Waals surface area contributed by atoms with E-state index in [9.17, 15) is 9.59 Å². The number of hydrogen-bond acceptors (Lipinski definition) is 7. The standard InChI is InChI=1S/C24H20N2O5S/c1-14-18(25-23(31-14)15-5-3-2-4-6-15)10-12-29-19-8-7-16(21-17(19)9-11-30-21)13-20-22(27)26-24(28)32-20/h2-9,11,20H,10,12-13H2,1H3,(H,26,27,28). The number of nitrogens with one attached hydrogen (secondary N) is 1. The number of rotatable bonds is 7. The summed E-state index contributed by atoms with van der Waals surface area (Å²) in [7, 11) is 0. The van der Waals surface area contributed by atoms with Crippen molar-refractivity contribution in [2.75, 3.05) is 6.61 Å². The van der Waals surface area contributed by atoms with Crippen molar-refractivity contribution in [3.63, 3.8) is 0 Å². The van der Waals surface area contributed by atoms with Gasteiger partial charge in [-0.1, -0.05) is 36.0 Å². The van der Waals surface area contributed by atoms with E-state index < -0.39 is 5.25 Å². The molecule has 1 N–H and O–H groups in total. The van der Waals surface area contributed by atoms with E-state index in [0.717, 1.165) is 39.7 Å². The predicted octanol–water partition coefficient (Wildman–Crippen LogP) is 4.91. The molecule has 32 heavy (non-hydrogen) atoms. The Morgan fingerprint density at radius 1 is 1.12 bits per heavy atom. The third-order valence-electron chi connectivity index (χ3n) is 5.34. The Balaban J connectivity index is 1.28. The fraction of sp³-hybridized carbons (Fsp3) is 0.208. The van der Waals surface area contributed by atoms with Gasteiger partial charge < -0.3 is 13.6 Å². The molecule has 2 aromatic carbocycles. The molecule has 4 aromatic rings. The van der Waals surface area contributed by atoms with Crippen LogP contribution in [0.4, 0.5) is 4.79 Å². The fourth-order valence-corrected chi connectivity index (χ4v) is 4.58. The predicted molar refractivity (Wildman–Crippen MR) is 121 cm³/mol. The lowest BCUT2D eigenvalue weighted by molar-refractivity contribution is -0.118. The highest BCUT2D eigenvalue weighted by molar-refractivity contribution is 8.15. The maximum absolute atomic E-state index is 11.9. The number of oxazole rings is 1. The molecule has 7 nitrogen and oxygen atoms in total. The van der Waals surface area contributed by atoms with Crippen LogP contribution in [0.1, 0.15) is 17.0 Å². The molecule has 1 saturated heterocycles. The summed E-state index contributed by atoms with van der Waals surface area (Å²) in [6.45, 7) is 2.33. The first-order valence-electron chi connectivity index (χ1n) is 10.2. The second-order valence-corrected chi connectivity index (χ2v) is 8.64. The third-order valence-corrected chi connectivity index (χ3v) is 6.32. The van der Waals surface area contributed by atoms with E-state index in [2.05, 4.69) is 10.3 Å². The zero-order chi connectivity index (χ0) is 22.1. The first-order chi connectivity index (χ1) is 15.6. The number of hydrogen-bond donors (Lipinski definition) is 1. The number of aromatic nitrogens is 1. The third kappa shape index (κ3) is 4.01. The molecule has 1 fully saturated rings. The second kappa shape index (κ2) is 8.55. The molecule has 162 valence electrons. The minimum Gasteiger partial charge on any atom is -0.492 e. The van der Waals surface area contributed by atoms with Gasteiger partial charge in [-0.3, -0.25) is 14.9 Å². The molecule has 2 aromatic heterocycles. The lowest BCUT2D eigenvalue weighted by Crippen LogP contribution is -2.25. The molecule has 1 aliphatic rings. The van der Waals surface area contributed by atoms with E-state index >= 15 is 0 Å². The minimum absolute atomic E-state index is 0.266. The molecule has 1 unspecified atom stereocenters. The van der Waals surface area contributed by atoms with Gasteiger partial charge in [-0.2, -0.15) is 0 Å². The van der Waals surface area contributed by atoms with E-state index in [0.29, 0.717) is 36.7 Å². The van der Waals surface area contributed by atoms with Crippen LogP contribution in [0.2, 0.25) is 0 Å². The molecule has 0 saturated carbocycles. The van der Waals surface area contributed by atoms with Crippen molar-refractivity contribution in [1.82, 2.24) is 10.3 Å². The molecule has 3 heterocycles. The van der Waals surface area contributed by atoms with Crippen molar-refractivity contribution in [2.45, 2.75) is 25.0 Å². The van der Waals surface area contributed by atoms with Gasteiger partial charge in [0.1, 0.15) is 17.1 Å². The maximum atomic E-state index is 11.9. The van der Waals surface area contributed by atoms with Gasteiger partial charge in [0, 0.05) is 12.0 Å². The van der Waals surface area contributed by atoms with Crippen molar-refractivity contribution >= 4 is 33.9 Å². The first kappa shape index (κ1) is 20.4. The lowest BCUT2D eigenvalue weighted by Gasteiger charge is -2.10. The molecule has 0 radical (unpaired) electrons. The molecular formula is C24H20N2O5S. The minimum atomic E-state index is -0.448. The highest BCUT2D eigenvalue weighted by atomic mass is 32.2. The first-order valence-corrected chi connectivity index (χ1v) is 11.1. The topological polar surface area (TPSA) is 94.6 Å². The van der Waals surface area contributed by atoms with Gasteiger partial charge in [0.25, 0.3) is 5.24 Å². The van der Waals surface area contributed by atoms with Crippen molar-refractivity contribution in [1.29, 1.82) is 0 Å². The summed E-state index contributed by atoms with van der Waals surface area (Å²) in [5.74, 6) is 1.81. The SMILES string of the molecule is Cc1oc(-c2ccccc2)nc1CCOc1ccc(CC2SC(=O)NC2=O)c2occc12. The molecular weight excluding hydrogens is 428 g/mol. The van der Waals surface area contributed by atoms with Crippen LogP contribution in [0, 0.1) is 6.92 Å². The monoisotopic (exact) mass is 448 g/mol. The number of amides is 2. The summed E-state index contributed by atoms with van der Waals surface area (Å²) < 4.78 is 17.5. The van der Waals surface area contributed by atoms with E-state index in [1.54, 1.807) is 6.26 Å². The highest BCUT2D eigenvalue weighted by Gasteiger charge is 2.32. The maximum Gasteiger partial charge on any atom is 0.286 e. The van der Waals surface area contributed by atoms with Crippen molar-refractivity contribution < 1.29 is 23.2 Å². The van der Waals surface area contributed by atoms with E-state index in [4.69, 9.17) is 13.6 Å². The van der Waals surface area contributed by atoms with Crippen LogP contribution in [0.15, 0.2) is 63.6 Å². The number of nitrogens with zero attached hydrogens (tertiary/aromatic N) is 1. The van der Waals surface area contributed by atoms with Gasteiger partial charge in [-0.15, -0.1) is 0 Å². The van der Waals surface area contributed by atoms with Crippen LogP contribution < -0.4 is 10.1 Å². The normalized spacial score (nSPS) is 16.0. The Kier molecular flexibility index (Phi) is 5.45. The fourth-order valence-electron chi connectivity index (χ4n) is 3.73. The van der Waals surface area contributed by atoms with Gasteiger partial charge in [0.15, 0.2) is 0 Å². The van der Waals surface area contributed by atoms with Crippen LogP contribution in [0.5, 0.6) is 5.75 Å². The largest absolute Gasteiger partial charge is 0.492 e. The lowest BCUT2D eigenvalue weighted by atomic mass is 10.1. The molecule has 2 amide bonds. The summed E-state index contributed by atoms with van der Waals surface area (Å²) in [6, 6.07) is 15.4. The number of fused-ring (bicyclic) bond motifs is 1. The molecule has 0 aliphatic carbocycles. The van der Waals surface area contributed by atoms with Crippen molar-refractivity contribution in [3.05, 3.63) is 71.8 Å². The molecule has 0 bridgehead atoms. The van der Waals surface area contributed by atoms with E-state index in [1.807, 2.05) is 55.5 Å². The van der Waals surface area contributed by atoms with E-state index in [-0.39, 0.29) is 11.1 Å². The molecule has 1 aliphatic heterocycles. The zero-order valence-electron chi connectivity index (χ0n) is 17.3. The summed E-state index contributed by atoms with van der Waals surface area (Å²) >= 11 is 1.01. The number of benzene rings is 2. The molecule has 5 rings (SSSR count). The summed E-state index contributed by atoms with van der Waals surface area (Å²) in [4.78, 5) is 28.0. The van der Waals surface area contributed by atoms with Gasteiger partial charge in [0.05, 0.1) is 29.2 Å². The number of thioether (sulfide) groups is 1. The Morgan fingerprint density at radius 2 is 1.97 bits per heavy atom. The van der Waals surface area contributed by atoms with Crippen molar-refractivity contribution in [3.8, 4) is 17.2 Å². The summed E-state index contributed by atoms with van der Waals surface area (Å²) in [5.41, 5.74) is 3.32. The van der Waals surface area contributed by atoms with E-state index in [1.165, 1.54) is 0 Å². The average molecular weight is 449 g/mol. The summed E-state index contributed by atoms with van der Waals surface area (Å²) in [5, 5.41) is 2.39. The molecule has 1 atom stereocenters. The number of aryl methyl sites for hydroxylation is 1. The number of carbonyl (C=O) groups is 2. The number of carbonyl (C=O) groups excluding carboxylic acids is 2. The highest BCUT2D eigenvalue weighted by Crippen LogP contribution is 2.33. The van der Waals surface area contributed by atoms with Gasteiger partial charge in [-0.05, 0) is 43.2 Å². The van der Waals surface area contributed by atoms with Gasteiger partial charge >= 0.3 is 0 Å². The van der Waals surface area contributed by atoms with Gasteiger partial charge in [-0.25, -0.2) is 4.98 Å². The number of imide groups is 1. The number of ether oxygens (including phenoxy) is 1. The van der Waals surface area contributed by atoms with Crippen LogP contribution in [0.3, 0.4) is 0 Å². The van der Waals surface area contributed by atoms with Crippen LogP contribution >= 0.6 is 11.8 Å². The Labute approximate surface area is 188 Å². The van der Waals surface area contributed by atoms with Crippen LogP contribution in [-0.4, -0.2) is 28.0 Å². The Hall–Kier alpha value is -3.52. The zero-order valence-corrected chi connectivity index (χ0v) is 18.1. The smallest absolute Gasteiger partial charge is 0.286 e. The van der Waals surface area contributed by atoms with Crippen molar-refractivity contribution in [2.24, 2.45) is 0 Å². The van der Waals surface area contributed by atoms with Crippen LogP contribution in [0.25, 0.3) is 22.4 Å². The summed E-state index contributed by atoms with van der Waals surface area (Å²) in [6.07, 6.45) is 2.61. The quantitative estimate of drug-likeness (QED) is 0.429. The Morgan fingerprint density at radius 3 is 2.75 bits per heavy atom. The molecule has 0 spiro atoms. The second-order valence-electron chi connectivity index (χ2n) is 7.46. The van der Waals surface area contributed by atoms with Crippen LogP contribution in [-0.2, 0) is 17.6 Å². The molecule has 8 heteroatoms.